The van der Waals surface area contributed by atoms with Crippen LogP contribution in [-0.4, -0.2) is 21.3 Å². The van der Waals surface area contributed by atoms with Gasteiger partial charge >= 0.3 is 0 Å². The van der Waals surface area contributed by atoms with E-state index in [0.29, 0.717) is 6.04 Å². The van der Waals surface area contributed by atoms with Gasteiger partial charge in [-0.2, -0.15) is 0 Å². The van der Waals surface area contributed by atoms with Gasteiger partial charge in [-0.25, -0.2) is 0 Å². The molecule has 5 atom stereocenters. The first-order chi connectivity index (χ1) is 10.3. The van der Waals surface area contributed by atoms with Crippen LogP contribution in [0.1, 0.15) is 30.9 Å². The molecule has 0 radical (unpaired) electrons. The first kappa shape index (κ1) is 13.4. The summed E-state index contributed by atoms with van der Waals surface area (Å²) < 4.78 is 11.2. The monoisotopic (exact) mass is 287 g/mol. The number of benzene rings is 1. The number of hydrogen-bond acceptors (Lipinski definition) is 3. The van der Waals surface area contributed by atoms with E-state index >= 15 is 0 Å². The van der Waals surface area contributed by atoms with E-state index in [2.05, 4.69) is 24.5 Å². The molecule has 21 heavy (non-hydrogen) atoms. The molecule has 3 aliphatic carbocycles. The van der Waals surface area contributed by atoms with Crippen LogP contribution >= 0.6 is 0 Å². The number of hydrogen-bond donors (Lipinski definition) is 1. The van der Waals surface area contributed by atoms with Crippen molar-refractivity contribution in [2.75, 3.05) is 21.3 Å². The lowest BCUT2D eigenvalue weighted by Crippen LogP contribution is -2.23. The van der Waals surface area contributed by atoms with Gasteiger partial charge in [0, 0.05) is 6.04 Å². The van der Waals surface area contributed by atoms with Gasteiger partial charge in [-0.05, 0) is 68.0 Å². The number of rotatable bonds is 5. The summed E-state index contributed by atoms with van der Waals surface area (Å²) in [7, 11) is 5.58. The zero-order valence-electron chi connectivity index (χ0n) is 13.1. The predicted octanol–water partition coefficient (Wildman–Crippen LogP) is 3.26. The van der Waals surface area contributed by atoms with Crippen LogP contribution in [-0.2, 0) is 0 Å². The predicted molar refractivity (Wildman–Crippen MR) is 82.6 cm³/mol. The lowest BCUT2D eigenvalue weighted by Gasteiger charge is -2.24. The highest BCUT2D eigenvalue weighted by Gasteiger charge is 2.67. The Kier molecular flexibility index (Phi) is 3.14. The summed E-state index contributed by atoms with van der Waals surface area (Å²) >= 11 is 0. The SMILES string of the molecule is CNC(c1c(OC)cccc1OC)C1C2C3CCC(C3)C21. The van der Waals surface area contributed by atoms with Crippen LogP contribution in [0, 0.1) is 29.6 Å². The van der Waals surface area contributed by atoms with Crippen LogP contribution < -0.4 is 14.8 Å². The second-order valence-corrected chi connectivity index (χ2v) is 6.91. The van der Waals surface area contributed by atoms with E-state index in [0.717, 1.165) is 41.1 Å². The molecule has 2 bridgehead atoms. The molecule has 4 rings (SSSR count). The van der Waals surface area contributed by atoms with Crippen LogP contribution in [0.2, 0.25) is 0 Å². The Bertz CT molecular complexity index is 506. The zero-order chi connectivity index (χ0) is 14.6. The van der Waals surface area contributed by atoms with Crippen molar-refractivity contribution in [1.82, 2.24) is 5.32 Å². The summed E-state index contributed by atoms with van der Waals surface area (Å²) in [6.45, 7) is 0. The topological polar surface area (TPSA) is 30.5 Å². The Morgan fingerprint density at radius 1 is 1.05 bits per heavy atom. The van der Waals surface area contributed by atoms with Gasteiger partial charge in [-0.1, -0.05) is 6.07 Å². The Morgan fingerprint density at radius 2 is 1.62 bits per heavy atom. The number of ether oxygens (including phenoxy) is 2. The summed E-state index contributed by atoms with van der Waals surface area (Å²) in [5.74, 6) is 6.53. The molecular weight excluding hydrogens is 262 g/mol. The molecule has 3 aliphatic rings. The maximum absolute atomic E-state index is 5.62. The zero-order valence-corrected chi connectivity index (χ0v) is 13.1. The molecule has 0 spiro atoms. The molecule has 0 saturated heterocycles. The van der Waals surface area contributed by atoms with Gasteiger partial charge in [-0.15, -0.1) is 0 Å². The fourth-order valence-corrected chi connectivity index (χ4v) is 5.55. The third-order valence-corrected chi connectivity index (χ3v) is 6.27. The van der Waals surface area contributed by atoms with Gasteiger partial charge in [0.1, 0.15) is 11.5 Å². The molecule has 3 heteroatoms. The Morgan fingerprint density at radius 3 is 2.10 bits per heavy atom. The van der Waals surface area contributed by atoms with Crippen molar-refractivity contribution >= 4 is 0 Å². The maximum Gasteiger partial charge on any atom is 0.127 e. The van der Waals surface area contributed by atoms with E-state index in [1.807, 2.05) is 6.07 Å². The van der Waals surface area contributed by atoms with E-state index in [-0.39, 0.29) is 0 Å². The summed E-state index contributed by atoms with van der Waals surface area (Å²) in [5, 5.41) is 3.57. The fraction of sp³-hybridized carbons (Fsp3) is 0.667. The molecule has 1 aromatic carbocycles. The average Bonchev–Trinajstić information content (AvgIpc) is 2.93. The average molecular weight is 287 g/mol. The molecule has 5 unspecified atom stereocenters. The largest absolute Gasteiger partial charge is 0.496 e. The van der Waals surface area contributed by atoms with Crippen LogP contribution in [0.5, 0.6) is 11.5 Å². The van der Waals surface area contributed by atoms with Crippen molar-refractivity contribution < 1.29 is 9.47 Å². The minimum absolute atomic E-state index is 0.356. The van der Waals surface area contributed by atoms with Crippen molar-refractivity contribution in [3.05, 3.63) is 23.8 Å². The first-order valence-corrected chi connectivity index (χ1v) is 8.18. The van der Waals surface area contributed by atoms with Crippen LogP contribution in [0.15, 0.2) is 18.2 Å². The van der Waals surface area contributed by atoms with Gasteiger partial charge < -0.3 is 14.8 Å². The third-order valence-electron chi connectivity index (χ3n) is 6.27. The highest BCUT2D eigenvalue weighted by atomic mass is 16.5. The third kappa shape index (κ3) is 1.83. The van der Waals surface area contributed by atoms with Crippen LogP contribution in [0.4, 0.5) is 0 Å². The summed E-state index contributed by atoms with van der Waals surface area (Å²) in [4.78, 5) is 0. The smallest absolute Gasteiger partial charge is 0.127 e. The molecule has 1 N–H and O–H groups in total. The van der Waals surface area contributed by atoms with E-state index in [4.69, 9.17) is 9.47 Å². The van der Waals surface area contributed by atoms with Crippen LogP contribution in [0.3, 0.4) is 0 Å². The summed E-state index contributed by atoms with van der Waals surface area (Å²) in [6, 6.07) is 6.46. The molecule has 0 aliphatic heterocycles. The summed E-state index contributed by atoms with van der Waals surface area (Å²) in [6.07, 6.45) is 4.41. The molecule has 3 nitrogen and oxygen atoms in total. The normalized spacial score (nSPS) is 37.2. The first-order valence-electron chi connectivity index (χ1n) is 8.18. The molecule has 3 saturated carbocycles. The van der Waals surface area contributed by atoms with Gasteiger partial charge in [0.05, 0.1) is 19.8 Å². The highest BCUT2D eigenvalue weighted by Crippen LogP contribution is 2.72. The number of fused-ring (bicyclic) bond motifs is 5. The van der Waals surface area contributed by atoms with Gasteiger partial charge in [-0.3, -0.25) is 0 Å². The Balaban J connectivity index is 1.69. The molecular formula is C18H25NO2. The molecule has 1 aromatic rings. The molecule has 0 heterocycles. The standard InChI is InChI=1S/C18H25NO2/c1-19-18(16-12(20-2)5-4-6-13(16)21-3)17-14-10-7-8-11(9-10)15(14)17/h4-6,10-11,14-15,17-19H,7-9H2,1-3H3. The summed E-state index contributed by atoms with van der Waals surface area (Å²) in [5.41, 5.74) is 1.21. The molecule has 3 fully saturated rings. The number of nitrogens with one attached hydrogen (secondary N) is 1. The van der Waals surface area contributed by atoms with Gasteiger partial charge in [0.15, 0.2) is 0 Å². The van der Waals surface area contributed by atoms with E-state index in [1.54, 1.807) is 14.2 Å². The van der Waals surface area contributed by atoms with Crippen molar-refractivity contribution in [2.24, 2.45) is 29.6 Å². The van der Waals surface area contributed by atoms with Crippen molar-refractivity contribution in [2.45, 2.75) is 25.3 Å². The minimum Gasteiger partial charge on any atom is -0.496 e. The lowest BCUT2D eigenvalue weighted by molar-refractivity contribution is 0.341. The fourth-order valence-electron chi connectivity index (χ4n) is 5.55. The van der Waals surface area contributed by atoms with Crippen LogP contribution in [0.25, 0.3) is 0 Å². The van der Waals surface area contributed by atoms with Gasteiger partial charge in [0.25, 0.3) is 0 Å². The van der Waals surface area contributed by atoms with E-state index in [1.165, 1.54) is 24.8 Å². The Labute approximate surface area is 127 Å². The molecule has 114 valence electrons. The molecule has 0 aromatic heterocycles. The van der Waals surface area contributed by atoms with Crippen molar-refractivity contribution in [1.29, 1.82) is 0 Å². The van der Waals surface area contributed by atoms with Crippen molar-refractivity contribution in [3.8, 4) is 11.5 Å². The second-order valence-electron chi connectivity index (χ2n) is 6.91. The van der Waals surface area contributed by atoms with E-state index < -0.39 is 0 Å². The van der Waals surface area contributed by atoms with Gasteiger partial charge in [0.2, 0.25) is 0 Å². The minimum atomic E-state index is 0.356. The quantitative estimate of drug-likeness (QED) is 0.901. The lowest BCUT2D eigenvalue weighted by atomic mass is 9.92. The van der Waals surface area contributed by atoms with Crippen molar-refractivity contribution in [3.63, 3.8) is 0 Å². The maximum atomic E-state index is 5.62. The number of methoxy groups -OCH3 is 2. The van der Waals surface area contributed by atoms with E-state index in [9.17, 15) is 0 Å². The highest BCUT2D eigenvalue weighted by molar-refractivity contribution is 5.48. The molecule has 0 amide bonds. The second kappa shape index (κ2) is 4.91. The Hall–Kier alpha value is -1.22.